The number of sulfonamides is 1. The van der Waals surface area contributed by atoms with Gasteiger partial charge in [0.2, 0.25) is 15.9 Å². The first-order valence-electron chi connectivity index (χ1n) is 10.5. The summed E-state index contributed by atoms with van der Waals surface area (Å²) in [5, 5.41) is 8.97. The third kappa shape index (κ3) is 5.44. The third-order valence-electron chi connectivity index (χ3n) is 5.51. The van der Waals surface area contributed by atoms with Crippen molar-refractivity contribution in [1.82, 2.24) is 9.62 Å². The summed E-state index contributed by atoms with van der Waals surface area (Å²) < 4.78 is 42.0. The molecule has 1 N–H and O–H groups in total. The van der Waals surface area contributed by atoms with Crippen LogP contribution in [0, 0.1) is 23.1 Å². The van der Waals surface area contributed by atoms with Gasteiger partial charge < -0.3 is 9.80 Å². The molecule has 0 radical (unpaired) electrons. The highest BCUT2D eigenvalue weighted by atomic mass is 32.2. The maximum Gasteiger partial charge on any atom is 0.244 e. The minimum absolute atomic E-state index is 0.318. The Hall–Kier alpha value is -2.96. The fourth-order valence-electron chi connectivity index (χ4n) is 3.70. The Morgan fingerprint density at radius 3 is 2.38 bits per heavy atom. The van der Waals surface area contributed by atoms with Gasteiger partial charge in [-0.05, 0) is 48.7 Å². The van der Waals surface area contributed by atoms with E-state index >= 15 is 0 Å². The van der Waals surface area contributed by atoms with Crippen LogP contribution in [0.5, 0.6) is 0 Å². The topological polar surface area (TPSA) is 93.5 Å². The molecule has 170 valence electrons. The number of rotatable bonds is 6. The summed E-state index contributed by atoms with van der Waals surface area (Å²) in [6.45, 7) is 5.77. The molecule has 9 heteroatoms. The summed E-state index contributed by atoms with van der Waals surface area (Å²) in [6, 6.07) is 13.5. The molecule has 1 fully saturated rings. The largest absolute Gasteiger partial charge is 0.370 e. The average Bonchev–Trinajstić information content (AvgIpc) is 3.03. The molecule has 1 amide bonds. The van der Waals surface area contributed by atoms with Crippen LogP contribution in [0.2, 0.25) is 0 Å². The molecule has 0 unspecified atom stereocenters. The van der Waals surface area contributed by atoms with Crippen LogP contribution >= 0.6 is 0 Å². The Kier molecular flexibility index (Phi) is 7.48. The Labute approximate surface area is 188 Å². The highest BCUT2D eigenvalue weighted by Gasteiger charge is 2.33. The van der Waals surface area contributed by atoms with E-state index in [-0.39, 0.29) is 11.8 Å². The molecule has 1 aliphatic heterocycles. The minimum atomic E-state index is -4.20. The van der Waals surface area contributed by atoms with Crippen molar-refractivity contribution < 1.29 is 17.6 Å². The molecule has 1 aliphatic rings. The van der Waals surface area contributed by atoms with E-state index in [0.29, 0.717) is 25.2 Å². The molecule has 7 nitrogen and oxygen atoms in total. The lowest BCUT2D eigenvalue weighted by Crippen LogP contribution is -2.52. The highest BCUT2D eigenvalue weighted by Crippen LogP contribution is 2.20. The number of hydrogen-bond acceptors (Lipinski definition) is 5. The fraction of sp³-hybridized carbons (Fsp3) is 0.391. The van der Waals surface area contributed by atoms with Crippen LogP contribution in [-0.2, 0) is 14.8 Å². The lowest BCUT2D eigenvalue weighted by Gasteiger charge is -2.29. The van der Waals surface area contributed by atoms with Crippen LogP contribution in [0.25, 0.3) is 0 Å². The molecular weight excluding hydrogens is 431 g/mol. The number of carbonyl (C=O) groups excluding carboxylic acids is 1. The van der Waals surface area contributed by atoms with Gasteiger partial charge in [-0.25, -0.2) is 12.8 Å². The van der Waals surface area contributed by atoms with Crippen molar-refractivity contribution in [1.29, 1.82) is 5.26 Å². The summed E-state index contributed by atoms with van der Waals surface area (Å²) in [4.78, 5) is 16.6. The van der Waals surface area contributed by atoms with Crippen LogP contribution in [-0.4, -0.2) is 51.4 Å². The quantitative estimate of drug-likeness (QED) is 0.719. The van der Waals surface area contributed by atoms with Gasteiger partial charge in [-0.3, -0.25) is 4.79 Å². The van der Waals surface area contributed by atoms with E-state index in [2.05, 4.69) is 15.7 Å². The Morgan fingerprint density at radius 1 is 1.06 bits per heavy atom. The van der Waals surface area contributed by atoms with Gasteiger partial charge in [0.05, 0.1) is 11.6 Å². The van der Waals surface area contributed by atoms with Gasteiger partial charge in [0.1, 0.15) is 16.8 Å². The number of hydrogen-bond donors (Lipinski definition) is 1. The fourth-order valence-corrected chi connectivity index (χ4v) is 5.12. The standard InChI is InChI=1S/C23H27FN4O3S/c1-17(2)22(26-32(30,31)21-7-4-3-6-20(21)24)23(29)28-13-5-12-27(14-15-28)19-10-8-18(16-25)9-11-19/h3-4,6-11,17,22,26H,5,12-15H2,1-2H3/t22-/m0/s1. The van der Waals surface area contributed by atoms with Crippen LogP contribution in [0.1, 0.15) is 25.8 Å². The zero-order valence-corrected chi connectivity index (χ0v) is 19.0. The SMILES string of the molecule is CC(C)[C@H](NS(=O)(=O)c1ccccc1F)C(=O)N1CCCN(c2ccc(C#N)cc2)CC1. The first-order chi connectivity index (χ1) is 15.2. The first-order valence-corrected chi connectivity index (χ1v) is 12.0. The Bertz CT molecular complexity index is 1100. The van der Waals surface area contributed by atoms with Crippen molar-refractivity contribution >= 4 is 21.6 Å². The van der Waals surface area contributed by atoms with Gasteiger partial charge >= 0.3 is 0 Å². The number of carbonyl (C=O) groups is 1. The lowest BCUT2D eigenvalue weighted by atomic mass is 10.0. The van der Waals surface area contributed by atoms with Gasteiger partial charge in [0.15, 0.2) is 0 Å². The van der Waals surface area contributed by atoms with Gasteiger partial charge in [-0.1, -0.05) is 26.0 Å². The second-order valence-corrected chi connectivity index (χ2v) is 9.78. The van der Waals surface area contributed by atoms with E-state index in [1.54, 1.807) is 30.9 Å². The van der Waals surface area contributed by atoms with E-state index in [9.17, 15) is 17.6 Å². The zero-order valence-electron chi connectivity index (χ0n) is 18.2. The molecule has 32 heavy (non-hydrogen) atoms. The number of amides is 1. The number of nitriles is 1. The molecule has 1 atom stereocenters. The maximum atomic E-state index is 14.1. The minimum Gasteiger partial charge on any atom is -0.370 e. The van der Waals surface area contributed by atoms with Crippen molar-refractivity contribution in [3.8, 4) is 6.07 Å². The second kappa shape index (κ2) is 10.1. The van der Waals surface area contributed by atoms with Gasteiger partial charge in [-0.2, -0.15) is 9.98 Å². The van der Waals surface area contributed by atoms with E-state index < -0.39 is 26.8 Å². The summed E-state index contributed by atoms with van der Waals surface area (Å²) in [7, 11) is -4.20. The monoisotopic (exact) mass is 458 g/mol. The first kappa shape index (κ1) is 23.7. The molecular formula is C23H27FN4O3S. The normalized spacial score (nSPS) is 15.8. The molecule has 1 heterocycles. The Balaban J connectivity index is 1.72. The average molecular weight is 459 g/mol. The maximum absolute atomic E-state index is 14.1. The zero-order chi connectivity index (χ0) is 23.3. The number of nitrogens with one attached hydrogen (secondary N) is 1. The second-order valence-electron chi connectivity index (χ2n) is 8.10. The molecule has 0 saturated carbocycles. The third-order valence-corrected chi connectivity index (χ3v) is 6.98. The number of nitrogens with zero attached hydrogens (tertiary/aromatic N) is 3. The molecule has 3 rings (SSSR count). The summed E-state index contributed by atoms with van der Waals surface area (Å²) in [5.74, 6) is -1.49. The highest BCUT2D eigenvalue weighted by molar-refractivity contribution is 7.89. The summed E-state index contributed by atoms with van der Waals surface area (Å²) in [5.41, 5.74) is 1.56. The summed E-state index contributed by atoms with van der Waals surface area (Å²) in [6.07, 6.45) is 0.719. The van der Waals surface area contributed by atoms with Crippen LogP contribution in [0.15, 0.2) is 53.4 Å². The van der Waals surface area contributed by atoms with E-state index in [1.165, 1.54) is 18.2 Å². The van der Waals surface area contributed by atoms with Crippen molar-refractivity contribution in [3.05, 3.63) is 59.9 Å². The predicted octanol–water partition coefficient (Wildman–Crippen LogP) is 2.74. The van der Waals surface area contributed by atoms with E-state index in [4.69, 9.17) is 5.26 Å². The lowest BCUT2D eigenvalue weighted by molar-refractivity contribution is -0.133. The van der Waals surface area contributed by atoms with Gasteiger partial charge in [0.25, 0.3) is 0 Å². The number of benzene rings is 2. The molecule has 1 saturated heterocycles. The van der Waals surface area contributed by atoms with Gasteiger partial charge in [0, 0.05) is 31.9 Å². The summed E-state index contributed by atoms with van der Waals surface area (Å²) >= 11 is 0. The van der Waals surface area contributed by atoms with Crippen LogP contribution < -0.4 is 9.62 Å². The predicted molar refractivity (Wildman–Crippen MR) is 120 cm³/mol. The number of halogens is 1. The molecule has 0 aliphatic carbocycles. The number of anilines is 1. The van der Waals surface area contributed by atoms with E-state index in [0.717, 1.165) is 24.7 Å². The van der Waals surface area contributed by atoms with Crippen molar-refractivity contribution in [3.63, 3.8) is 0 Å². The van der Waals surface area contributed by atoms with Crippen LogP contribution in [0.4, 0.5) is 10.1 Å². The van der Waals surface area contributed by atoms with E-state index in [1.807, 2.05) is 12.1 Å². The van der Waals surface area contributed by atoms with Crippen LogP contribution in [0.3, 0.4) is 0 Å². The van der Waals surface area contributed by atoms with Crippen molar-refractivity contribution in [2.75, 3.05) is 31.1 Å². The molecule has 0 spiro atoms. The smallest absolute Gasteiger partial charge is 0.244 e. The Morgan fingerprint density at radius 2 is 1.75 bits per heavy atom. The molecule has 2 aromatic carbocycles. The van der Waals surface area contributed by atoms with Gasteiger partial charge in [-0.15, -0.1) is 0 Å². The van der Waals surface area contributed by atoms with Crippen molar-refractivity contribution in [2.24, 2.45) is 5.92 Å². The molecule has 2 aromatic rings. The molecule has 0 aromatic heterocycles. The molecule has 0 bridgehead atoms. The van der Waals surface area contributed by atoms with Crippen molar-refractivity contribution in [2.45, 2.75) is 31.2 Å².